The minimum absolute atomic E-state index is 0.0477. The Labute approximate surface area is 166 Å². The molecule has 1 heterocycles. The van der Waals surface area contributed by atoms with Crippen LogP contribution in [-0.2, 0) is 0 Å². The van der Waals surface area contributed by atoms with Gasteiger partial charge in [-0.2, -0.15) is 5.10 Å². The van der Waals surface area contributed by atoms with Crippen LogP contribution in [0.1, 0.15) is 5.56 Å². The summed E-state index contributed by atoms with van der Waals surface area (Å²) in [5, 5.41) is 16.7. The summed E-state index contributed by atoms with van der Waals surface area (Å²) in [6.07, 6.45) is 1.67. The highest BCUT2D eigenvalue weighted by atomic mass is 32.1. The summed E-state index contributed by atoms with van der Waals surface area (Å²) in [6, 6.07) is 11.1. The van der Waals surface area contributed by atoms with Gasteiger partial charge in [0.05, 0.1) is 33.2 Å². The van der Waals surface area contributed by atoms with Crippen molar-refractivity contribution in [2.45, 2.75) is 0 Å². The number of phenols is 1. The van der Waals surface area contributed by atoms with Crippen molar-refractivity contribution in [3.05, 3.63) is 52.1 Å². The zero-order valence-corrected chi connectivity index (χ0v) is 16.9. The molecule has 28 heavy (non-hydrogen) atoms. The first-order valence-corrected chi connectivity index (χ1v) is 9.26. The van der Waals surface area contributed by atoms with E-state index in [-0.39, 0.29) is 5.75 Å². The highest BCUT2D eigenvalue weighted by molar-refractivity contribution is 7.07. The van der Waals surface area contributed by atoms with Crippen LogP contribution in [0.2, 0.25) is 0 Å². The van der Waals surface area contributed by atoms with Crippen LogP contribution < -0.4 is 19.0 Å². The number of phenolic OH excluding ortho intramolecular Hbond substituents is 1. The minimum atomic E-state index is -0.0477. The largest absolute Gasteiger partial charge is 0.502 e. The number of rotatable bonds is 6. The van der Waals surface area contributed by atoms with Gasteiger partial charge in [0.2, 0.25) is 10.6 Å². The van der Waals surface area contributed by atoms with Gasteiger partial charge < -0.3 is 19.3 Å². The van der Waals surface area contributed by atoms with Crippen LogP contribution in [0.4, 0.5) is 0 Å². The molecule has 0 spiro atoms. The van der Waals surface area contributed by atoms with Gasteiger partial charge in [0.15, 0.2) is 11.5 Å². The van der Waals surface area contributed by atoms with E-state index in [0.29, 0.717) is 17.1 Å². The second kappa shape index (κ2) is 8.62. The van der Waals surface area contributed by atoms with Crippen molar-refractivity contribution >= 4 is 17.6 Å². The Kier molecular flexibility index (Phi) is 6.00. The van der Waals surface area contributed by atoms with Crippen LogP contribution in [0.5, 0.6) is 23.0 Å². The third kappa shape index (κ3) is 3.86. The van der Waals surface area contributed by atoms with E-state index in [9.17, 15) is 5.11 Å². The Hall–Kier alpha value is -3.26. The van der Waals surface area contributed by atoms with E-state index in [4.69, 9.17) is 14.2 Å². The molecule has 7 nitrogen and oxygen atoms in total. The predicted octanol–water partition coefficient (Wildman–Crippen LogP) is 3.36. The molecule has 0 saturated carbocycles. The van der Waals surface area contributed by atoms with Crippen LogP contribution in [0.25, 0.3) is 11.3 Å². The molecule has 0 unspecified atom stereocenters. The van der Waals surface area contributed by atoms with E-state index in [1.807, 2.05) is 29.6 Å². The molecule has 3 rings (SSSR count). The number of hydrogen-bond donors (Lipinski definition) is 1. The summed E-state index contributed by atoms with van der Waals surface area (Å²) >= 11 is 1.50. The molecule has 0 atom stereocenters. The highest BCUT2D eigenvalue weighted by Crippen LogP contribution is 2.36. The number of aromatic hydroxyl groups is 1. The third-order valence-electron chi connectivity index (χ3n) is 4.09. The Bertz CT molecular complexity index is 1030. The Morgan fingerprint density at radius 2 is 1.64 bits per heavy atom. The first-order chi connectivity index (χ1) is 13.6. The number of aromatic nitrogens is 1. The molecule has 8 heteroatoms. The number of benzene rings is 2. The molecule has 1 N–H and O–H groups in total. The van der Waals surface area contributed by atoms with E-state index in [0.717, 1.165) is 21.8 Å². The number of nitrogens with zero attached hydrogens (tertiary/aromatic N) is 3. The predicted molar refractivity (Wildman–Crippen MR) is 110 cm³/mol. The molecule has 146 valence electrons. The number of thiazole rings is 1. The van der Waals surface area contributed by atoms with Gasteiger partial charge in [0.1, 0.15) is 5.75 Å². The standard InChI is InChI=1S/C20H21N3O4S/c1-21-20-23(16(12-28-20)14-5-7-15(25-2)8-6-14)22-11-13-9-17(26-3)19(24)18(10-13)27-4/h5-12,24H,1-4H3/b21-20?,22-11+. The van der Waals surface area contributed by atoms with Gasteiger partial charge in [-0.25, -0.2) is 4.68 Å². The van der Waals surface area contributed by atoms with Crippen molar-refractivity contribution in [1.82, 2.24) is 4.68 Å². The molecule has 0 amide bonds. The summed E-state index contributed by atoms with van der Waals surface area (Å²) in [5.74, 6) is 1.37. The lowest BCUT2D eigenvalue weighted by molar-refractivity contribution is 0.340. The van der Waals surface area contributed by atoms with Gasteiger partial charge >= 0.3 is 0 Å². The zero-order chi connectivity index (χ0) is 20.1. The fourth-order valence-corrected chi connectivity index (χ4v) is 3.44. The van der Waals surface area contributed by atoms with E-state index >= 15 is 0 Å². The van der Waals surface area contributed by atoms with E-state index in [1.165, 1.54) is 25.6 Å². The molecule has 0 bridgehead atoms. The van der Waals surface area contributed by atoms with Crippen molar-refractivity contribution in [2.75, 3.05) is 28.4 Å². The van der Waals surface area contributed by atoms with E-state index < -0.39 is 0 Å². The van der Waals surface area contributed by atoms with Crippen molar-refractivity contribution in [3.8, 4) is 34.3 Å². The van der Waals surface area contributed by atoms with Gasteiger partial charge in [-0.3, -0.25) is 4.99 Å². The molecule has 0 aliphatic heterocycles. The number of ether oxygens (including phenoxy) is 3. The summed E-state index contributed by atoms with van der Waals surface area (Å²) in [7, 11) is 6.33. The van der Waals surface area contributed by atoms with Gasteiger partial charge in [-0.05, 0) is 36.4 Å². The molecule has 0 fully saturated rings. The van der Waals surface area contributed by atoms with Crippen LogP contribution >= 0.6 is 11.3 Å². The third-order valence-corrected chi connectivity index (χ3v) is 4.99. The number of hydrogen-bond acceptors (Lipinski definition) is 7. The lowest BCUT2D eigenvalue weighted by Crippen LogP contribution is -2.11. The van der Waals surface area contributed by atoms with Gasteiger partial charge in [-0.15, -0.1) is 11.3 Å². The van der Waals surface area contributed by atoms with E-state index in [1.54, 1.807) is 37.2 Å². The summed E-state index contributed by atoms with van der Waals surface area (Å²) in [6.45, 7) is 0. The van der Waals surface area contributed by atoms with Crippen molar-refractivity contribution < 1.29 is 19.3 Å². The fraction of sp³-hybridized carbons (Fsp3) is 0.200. The first kappa shape index (κ1) is 19.5. The maximum atomic E-state index is 10.1. The molecule has 0 saturated heterocycles. The highest BCUT2D eigenvalue weighted by Gasteiger charge is 2.11. The summed E-state index contributed by atoms with van der Waals surface area (Å²) < 4.78 is 17.4. The van der Waals surface area contributed by atoms with Crippen molar-refractivity contribution in [1.29, 1.82) is 0 Å². The van der Waals surface area contributed by atoms with Gasteiger partial charge in [0, 0.05) is 23.6 Å². The lowest BCUT2D eigenvalue weighted by Gasteiger charge is -2.09. The molecule has 0 aliphatic rings. The zero-order valence-electron chi connectivity index (χ0n) is 16.0. The van der Waals surface area contributed by atoms with Crippen LogP contribution in [0, 0.1) is 0 Å². The molecule has 0 radical (unpaired) electrons. The lowest BCUT2D eigenvalue weighted by atomic mass is 10.2. The molecular weight excluding hydrogens is 378 g/mol. The maximum Gasteiger partial charge on any atom is 0.205 e. The summed E-state index contributed by atoms with van der Waals surface area (Å²) in [5.41, 5.74) is 2.61. The average Bonchev–Trinajstić information content (AvgIpc) is 3.15. The molecule has 0 aliphatic carbocycles. The molecular formula is C20H21N3O4S. The fourth-order valence-electron chi connectivity index (χ4n) is 2.64. The normalized spacial score (nSPS) is 11.8. The average molecular weight is 399 g/mol. The van der Waals surface area contributed by atoms with Crippen molar-refractivity contribution in [2.24, 2.45) is 10.1 Å². The second-order valence-electron chi connectivity index (χ2n) is 5.69. The molecule has 3 aromatic rings. The first-order valence-electron chi connectivity index (χ1n) is 8.38. The SMILES string of the molecule is CN=c1scc(-c2ccc(OC)cc2)n1/N=C/c1cc(OC)c(O)c(OC)c1. The topological polar surface area (TPSA) is 77.6 Å². The maximum absolute atomic E-state index is 10.1. The smallest absolute Gasteiger partial charge is 0.205 e. The quantitative estimate of drug-likeness (QED) is 0.645. The van der Waals surface area contributed by atoms with Crippen LogP contribution in [-0.4, -0.2) is 44.4 Å². The summed E-state index contributed by atoms with van der Waals surface area (Å²) in [4.78, 5) is 5.05. The Morgan fingerprint density at radius 3 is 2.18 bits per heavy atom. The monoisotopic (exact) mass is 399 g/mol. The molecule has 2 aromatic carbocycles. The van der Waals surface area contributed by atoms with Gasteiger partial charge in [-0.1, -0.05) is 0 Å². The second-order valence-corrected chi connectivity index (χ2v) is 6.52. The van der Waals surface area contributed by atoms with E-state index in [2.05, 4.69) is 10.1 Å². The van der Waals surface area contributed by atoms with Crippen molar-refractivity contribution in [3.63, 3.8) is 0 Å². The van der Waals surface area contributed by atoms with Crippen LogP contribution in [0.3, 0.4) is 0 Å². The molecule has 1 aromatic heterocycles. The Morgan fingerprint density at radius 1 is 1.00 bits per heavy atom. The number of methoxy groups -OCH3 is 3. The minimum Gasteiger partial charge on any atom is -0.502 e. The van der Waals surface area contributed by atoms with Crippen LogP contribution in [0.15, 0.2) is 51.9 Å². The van der Waals surface area contributed by atoms with Gasteiger partial charge in [0.25, 0.3) is 0 Å². The Balaban J connectivity index is 2.04.